The van der Waals surface area contributed by atoms with E-state index in [0.717, 1.165) is 6.42 Å². The van der Waals surface area contributed by atoms with Crippen LogP contribution in [0.25, 0.3) is 5.65 Å². The lowest BCUT2D eigenvalue weighted by Gasteiger charge is -2.22. The van der Waals surface area contributed by atoms with Gasteiger partial charge in [-0.2, -0.15) is 4.31 Å². The smallest absolute Gasteiger partial charge is 0.263 e. The summed E-state index contributed by atoms with van der Waals surface area (Å²) < 4.78 is 28.6. The van der Waals surface area contributed by atoms with Crippen molar-refractivity contribution in [1.29, 1.82) is 0 Å². The van der Waals surface area contributed by atoms with E-state index < -0.39 is 16.1 Å². The fourth-order valence-corrected chi connectivity index (χ4v) is 4.64. The maximum atomic E-state index is 12.9. The molecule has 0 spiro atoms. The number of hydrogen-bond acceptors (Lipinski definition) is 6. The molecule has 3 rings (SSSR count). The zero-order chi connectivity index (χ0) is 15.0. The van der Waals surface area contributed by atoms with Gasteiger partial charge in [0.05, 0.1) is 6.61 Å². The van der Waals surface area contributed by atoms with Crippen LogP contribution < -0.4 is 11.3 Å². The van der Waals surface area contributed by atoms with Gasteiger partial charge in [-0.05, 0) is 25.0 Å². The SMILES string of the molecule is NNc1nc2ccccn2c1S(=O)(=O)N1CCCC1CO. The summed E-state index contributed by atoms with van der Waals surface area (Å²) in [7, 11) is -3.79. The van der Waals surface area contributed by atoms with Crippen LogP contribution >= 0.6 is 0 Å². The quantitative estimate of drug-likeness (QED) is 0.531. The molecule has 8 nitrogen and oxygen atoms in total. The Bertz CT molecular complexity index is 757. The van der Waals surface area contributed by atoms with Gasteiger partial charge < -0.3 is 10.5 Å². The Morgan fingerprint density at radius 3 is 3.00 bits per heavy atom. The molecule has 114 valence electrons. The molecule has 1 unspecified atom stereocenters. The van der Waals surface area contributed by atoms with E-state index >= 15 is 0 Å². The number of nitrogens with one attached hydrogen (secondary N) is 1. The Morgan fingerprint density at radius 1 is 1.48 bits per heavy atom. The highest BCUT2D eigenvalue weighted by Gasteiger charge is 2.38. The van der Waals surface area contributed by atoms with Crippen LogP contribution in [0.4, 0.5) is 5.82 Å². The molecule has 0 aliphatic carbocycles. The van der Waals surface area contributed by atoms with E-state index in [0.29, 0.717) is 18.6 Å². The largest absolute Gasteiger partial charge is 0.395 e. The predicted octanol–water partition coefficient (Wildman–Crippen LogP) is -0.235. The third kappa shape index (κ3) is 2.18. The zero-order valence-electron chi connectivity index (χ0n) is 11.3. The van der Waals surface area contributed by atoms with Gasteiger partial charge >= 0.3 is 0 Å². The van der Waals surface area contributed by atoms with Gasteiger partial charge in [-0.25, -0.2) is 19.2 Å². The van der Waals surface area contributed by atoms with Crippen LogP contribution in [0.2, 0.25) is 0 Å². The molecule has 2 aromatic heterocycles. The summed E-state index contributed by atoms with van der Waals surface area (Å²) in [5, 5.41) is 9.37. The van der Waals surface area contributed by atoms with E-state index in [1.54, 1.807) is 24.4 Å². The molecule has 0 bridgehead atoms. The summed E-state index contributed by atoms with van der Waals surface area (Å²) in [5.41, 5.74) is 2.84. The van der Waals surface area contributed by atoms with E-state index in [9.17, 15) is 13.5 Å². The normalized spacial score (nSPS) is 20.2. The Morgan fingerprint density at radius 2 is 2.29 bits per heavy atom. The minimum Gasteiger partial charge on any atom is -0.395 e. The molecule has 0 aromatic carbocycles. The lowest BCUT2D eigenvalue weighted by molar-refractivity contribution is 0.213. The monoisotopic (exact) mass is 311 g/mol. The molecular formula is C12H17N5O3S. The highest BCUT2D eigenvalue weighted by atomic mass is 32.2. The molecule has 21 heavy (non-hydrogen) atoms. The maximum Gasteiger partial charge on any atom is 0.263 e. The predicted molar refractivity (Wildman–Crippen MR) is 77.0 cm³/mol. The number of hydrazine groups is 1. The van der Waals surface area contributed by atoms with Gasteiger partial charge in [0.2, 0.25) is 5.03 Å². The van der Waals surface area contributed by atoms with Crippen LogP contribution in [0.15, 0.2) is 29.4 Å². The average molecular weight is 311 g/mol. The number of aromatic nitrogens is 2. The summed E-state index contributed by atoms with van der Waals surface area (Å²) in [5.74, 6) is 5.52. The second kappa shape index (κ2) is 5.26. The van der Waals surface area contributed by atoms with Crippen molar-refractivity contribution in [2.75, 3.05) is 18.6 Å². The number of rotatable bonds is 4. The molecule has 4 N–H and O–H groups in total. The first kappa shape index (κ1) is 14.3. The molecule has 0 radical (unpaired) electrons. The van der Waals surface area contributed by atoms with E-state index in [1.165, 1.54) is 8.71 Å². The van der Waals surface area contributed by atoms with Crippen LogP contribution in [-0.2, 0) is 10.0 Å². The van der Waals surface area contributed by atoms with E-state index in [2.05, 4.69) is 10.4 Å². The van der Waals surface area contributed by atoms with Gasteiger partial charge in [0.1, 0.15) is 5.65 Å². The number of nitrogens with two attached hydrogens (primary N) is 1. The highest BCUT2D eigenvalue weighted by molar-refractivity contribution is 7.89. The summed E-state index contributed by atoms with van der Waals surface area (Å²) in [4.78, 5) is 4.18. The lowest BCUT2D eigenvalue weighted by atomic mass is 10.2. The van der Waals surface area contributed by atoms with Crippen molar-refractivity contribution in [2.24, 2.45) is 5.84 Å². The Labute approximate surface area is 122 Å². The molecule has 1 saturated heterocycles. The maximum absolute atomic E-state index is 12.9. The molecular weight excluding hydrogens is 294 g/mol. The Kier molecular flexibility index (Phi) is 3.57. The van der Waals surface area contributed by atoms with Crippen LogP contribution in [0.5, 0.6) is 0 Å². The zero-order valence-corrected chi connectivity index (χ0v) is 12.1. The minimum atomic E-state index is -3.79. The van der Waals surface area contributed by atoms with E-state index in [-0.39, 0.29) is 17.5 Å². The van der Waals surface area contributed by atoms with Crippen molar-refractivity contribution >= 4 is 21.5 Å². The molecule has 1 fully saturated rings. The van der Waals surface area contributed by atoms with E-state index in [1.807, 2.05) is 0 Å². The molecule has 0 amide bonds. The molecule has 1 aliphatic heterocycles. The molecule has 1 aliphatic rings. The lowest BCUT2D eigenvalue weighted by Crippen LogP contribution is -2.38. The van der Waals surface area contributed by atoms with Gasteiger partial charge in [0.25, 0.3) is 10.0 Å². The van der Waals surface area contributed by atoms with Crippen LogP contribution in [0.1, 0.15) is 12.8 Å². The van der Waals surface area contributed by atoms with Crippen LogP contribution in [0, 0.1) is 0 Å². The Hall–Kier alpha value is -1.68. The van der Waals surface area contributed by atoms with Gasteiger partial charge in [-0.1, -0.05) is 6.07 Å². The summed E-state index contributed by atoms with van der Waals surface area (Å²) in [6.45, 7) is 0.193. The van der Waals surface area contributed by atoms with Crippen molar-refractivity contribution in [3.63, 3.8) is 0 Å². The van der Waals surface area contributed by atoms with E-state index in [4.69, 9.17) is 5.84 Å². The van der Waals surface area contributed by atoms with Gasteiger partial charge in [0, 0.05) is 18.8 Å². The third-order valence-electron chi connectivity index (χ3n) is 3.71. The number of imidazole rings is 1. The number of pyridine rings is 1. The summed E-state index contributed by atoms with van der Waals surface area (Å²) in [6.07, 6.45) is 3.00. The Balaban J connectivity index is 2.18. The first-order valence-electron chi connectivity index (χ1n) is 6.66. The highest BCUT2D eigenvalue weighted by Crippen LogP contribution is 2.30. The van der Waals surface area contributed by atoms with Crippen LogP contribution in [0.3, 0.4) is 0 Å². The van der Waals surface area contributed by atoms with Gasteiger partial charge in [-0.15, -0.1) is 0 Å². The van der Waals surface area contributed by atoms with Crippen molar-refractivity contribution in [3.8, 4) is 0 Å². The summed E-state index contributed by atoms with van der Waals surface area (Å²) >= 11 is 0. The molecule has 2 aromatic rings. The average Bonchev–Trinajstić information content (AvgIpc) is 3.11. The number of anilines is 1. The molecule has 3 heterocycles. The summed E-state index contributed by atoms with van der Waals surface area (Å²) in [6, 6.07) is 4.80. The minimum absolute atomic E-state index is 0.000880. The third-order valence-corrected chi connectivity index (χ3v) is 5.69. The number of hydrogen-bond donors (Lipinski definition) is 3. The van der Waals surface area contributed by atoms with Crippen molar-refractivity contribution in [2.45, 2.75) is 23.9 Å². The van der Waals surface area contributed by atoms with Gasteiger partial charge in [-0.3, -0.25) is 4.40 Å². The number of fused-ring (bicyclic) bond motifs is 1. The van der Waals surface area contributed by atoms with Gasteiger partial charge in [0.15, 0.2) is 5.82 Å². The molecule has 0 saturated carbocycles. The standard InChI is InChI=1S/C12H17N5O3S/c13-15-11-12(16-6-2-1-5-10(16)14-11)21(19,20)17-7-3-4-9(17)8-18/h1-2,5-6,9,15,18H,3-4,7-8,13H2. The number of nitrogens with zero attached hydrogens (tertiary/aromatic N) is 3. The topological polar surface area (TPSA) is 113 Å². The fourth-order valence-electron chi connectivity index (χ4n) is 2.73. The van der Waals surface area contributed by atoms with Crippen molar-refractivity contribution < 1.29 is 13.5 Å². The molecule has 9 heteroatoms. The van der Waals surface area contributed by atoms with Crippen molar-refractivity contribution in [1.82, 2.24) is 13.7 Å². The number of nitrogen functional groups attached to an aromatic ring is 1. The molecule has 1 atom stereocenters. The van der Waals surface area contributed by atoms with Crippen molar-refractivity contribution in [3.05, 3.63) is 24.4 Å². The number of aliphatic hydroxyl groups is 1. The fraction of sp³-hybridized carbons (Fsp3) is 0.417. The second-order valence-corrected chi connectivity index (χ2v) is 6.74. The number of sulfonamides is 1. The first-order valence-corrected chi connectivity index (χ1v) is 8.10. The number of aliphatic hydroxyl groups excluding tert-OH is 1. The first-order chi connectivity index (χ1) is 10.1. The van der Waals surface area contributed by atoms with Crippen LogP contribution in [-0.4, -0.2) is 46.4 Å². The second-order valence-electron chi connectivity index (χ2n) is 4.93.